The van der Waals surface area contributed by atoms with Gasteiger partial charge in [0.2, 0.25) is 5.91 Å². The van der Waals surface area contributed by atoms with Crippen molar-refractivity contribution in [2.45, 2.75) is 237 Å². The van der Waals surface area contributed by atoms with Crippen molar-refractivity contribution >= 4 is 5.91 Å². The number of nitrogens with one attached hydrogen (secondary N) is 1. The fraction of sp³-hybridized carbons (Fsp3) is 0.543. The number of carbonyl (C=O) groups excluding carboxylic acids is 1. The molecule has 8 atom stereocenters. The van der Waals surface area contributed by atoms with Crippen molar-refractivity contribution in [2.75, 3.05) is 39.6 Å². The van der Waals surface area contributed by atoms with Gasteiger partial charge in [-0.1, -0.05) is 292 Å². The van der Waals surface area contributed by atoms with Crippen molar-refractivity contribution in [3.05, 3.63) is 215 Å². The quantitative estimate of drug-likeness (QED) is 0.0368. The van der Waals surface area contributed by atoms with Crippen LogP contribution in [0.5, 0.6) is 0 Å². The third kappa shape index (κ3) is 29.1. The topological polar surface area (TPSA) is 121 Å². The molecule has 6 aromatic carbocycles. The van der Waals surface area contributed by atoms with Gasteiger partial charge in [0, 0.05) is 32.8 Å². The molecule has 2 fully saturated rings. The maximum absolute atomic E-state index is 14.8. The van der Waals surface area contributed by atoms with E-state index in [1.807, 2.05) is 97.1 Å². The van der Waals surface area contributed by atoms with Gasteiger partial charge in [-0.2, -0.15) is 0 Å². The SMILES string of the molecule is CCCCCCCCCCCCCC[C@@H](OCc1ccccc1)[C@@H](OCc1ccccc1)[C@H](CO[C@@H]1O[C@@H](COCc2ccccc2)[C@@H](OCc2ccccc2)[C@H](OCc2ccccc2)[C@@H]1OCc1ccccc1)NC(=O)CCCCCCCCOCC1CCOCC1. The zero-order valence-electron chi connectivity index (χ0n) is 56.0. The van der Waals surface area contributed by atoms with E-state index in [1.54, 1.807) is 0 Å². The second-order valence-electron chi connectivity index (χ2n) is 25.6. The molecule has 0 spiro atoms. The Morgan fingerprint density at radius 1 is 0.441 bits per heavy atom. The highest BCUT2D eigenvalue weighted by molar-refractivity contribution is 5.76. The van der Waals surface area contributed by atoms with E-state index in [0.717, 1.165) is 137 Å². The molecule has 8 rings (SSSR count). The molecule has 0 saturated carbocycles. The van der Waals surface area contributed by atoms with E-state index in [0.29, 0.717) is 38.8 Å². The van der Waals surface area contributed by atoms with Crippen LogP contribution >= 0.6 is 0 Å². The number of unbranched alkanes of at least 4 members (excludes halogenated alkanes) is 16. The molecule has 6 aromatic rings. The van der Waals surface area contributed by atoms with Crippen LogP contribution in [0.2, 0.25) is 0 Å². The first kappa shape index (κ1) is 73.2. The summed E-state index contributed by atoms with van der Waals surface area (Å²) in [6, 6.07) is 60.6. The summed E-state index contributed by atoms with van der Waals surface area (Å²) in [5, 5.41) is 3.54. The standard InChI is InChI=1S/C81H111NO11/c1-2-3-4-5-6-7-8-9-10-11-14-35-50-74(87-59-67-40-25-18-26-41-67)77(88-60-68-42-27-19-28-43-68)73(82-76(83)51-36-15-12-13-16-37-54-85-57-72-52-55-84-56-53-72)64-92-81-80(91-63-71-48-33-22-34-49-71)79(90-62-70-46-31-21-32-47-70)78(89-61-69-44-29-20-30-45-69)75(93-81)65-86-58-66-38-23-17-24-39-66/h17-34,38-49,72-75,77-81H,2-16,35-37,50-65H2,1H3,(H,82,83)/t73-,74+,75-,77-,78+,79-,80-,81+/m0/s1. The van der Waals surface area contributed by atoms with Crippen LogP contribution in [0, 0.1) is 5.92 Å². The number of amides is 1. The lowest BCUT2D eigenvalue weighted by Crippen LogP contribution is -2.62. The van der Waals surface area contributed by atoms with Crippen LogP contribution < -0.4 is 5.32 Å². The average Bonchev–Trinajstić information content (AvgIpc) is 1.02. The van der Waals surface area contributed by atoms with Crippen LogP contribution in [-0.4, -0.2) is 94.5 Å². The first-order valence-electron chi connectivity index (χ1n) is 35.7. The minimum atomic E-state index is -1.02. The predicted molar refractivity (Wildman–Crippen MR) is 370 cm³/mol. The van der Waals surface area contributed by atoms with Crippen LogP contribution in [0.1, 0.15) is 182 Å². The molecule has 12 nitrogen and oxygen atoms in total. The Hall–Kier alpha value is -5.61. The van der Waals surface area contributed by atoms with Gasteiger partial charge in [-0.15, -0.1) is 0 Å². The lowest BCUT2D eigenvalue weighted by Gasteiger charge is -2.46. The Bertz CT molecular complexity index is 2760. The number of rotatable bonds is 49. The number of carbonyl (C=O) groups is 1. The molecule has 12 heteroatoms. The molecule has 2 aliphatic rings. The van der Waals surface area contributed by atoms with Crippen molar-refractivity contribution in [3.8, 4) is 0 Å². The largest absolute Gasteiger partial charge is 0.381 e. The van der Waals surface area contributed by atoms with Crippen molar-refractivity contribution in [1.82, 2.24) is 5.32 Å². The van der Waals surface area contributed by atoms with Gasteiger partial charge in [-0.05, 0) is 71.4 Å². The Morgan fingerprint density at radius 3 is 1.39 bits per heavy atom. The number of hydrogen-bond donors (Lipinski definition) is 1. The van der Waals surface area contributed by atoms with E-state index in [9.17, 15) is 4.79 Å². The normalized spacial score (nSPS) is 18.7. The molecule has 506 valence electrons. The van der Waals surface area contributed by atoms with E-state index in [1.165, 1.54) is 57.8 Å². The molecule has 0 bridgehead atoms. The monoisotopic (exact) mass is 1270 g/mol. The van der Waals surface area contributed by atoms with Crippen molar-refractivity contribution in [2.24, 2.45) is 5.92 Å². The van der Waals surface area contributed by atoms with Crippen molar-refractivity contribution < 1.29 is 52.2 Å². The summed E-state index contributed by atoms with van der Waals surface area (Å²) < 4.78 is 68.5. The second kappa shape index (κ2) is 45.7. The Kier molecular flexibility index (Phi) is 36.0. The molecule has 93 heavy (non-hydrogen) atoms. The summed E-state index contributed by atoms with van der Waals surface area (Å²) >= 11 is 0. The minimum absolute atomic E-state index is 0.0137. The number of ether oxygens (including phenoxy) is 10. The third-order valence-electron chi connectivity index (χ3n) is 18.0. The highest BCUT2D eigenvalue weighted by Gasteiger charge is 2.50. The van der Waals surface area contributed by atoms with Gasteiger partial charge < -0.3 is 52.7 Å². The summed E-state index contributed by atoms with van der Waals surface area (Å²) in [4.78, 5) is 14.8. The van der Waals surface area contributed by atoms with Crippen LogP contribution in [0.25, 0.3) is 0 Å². The molecule has 0 aromatic heterocycles. The molecule has 2 saturated heterocycles. The average molecular weight is 1270 g/mol. The summed E-state index contributed by atoms with van der Waals surface area (Å²) in [6.45, 7) is 7.68. The zero-order chi connectivity index (χ0) is 64.3. The highest BCUT2D eigenvalue weighted by atomic mass is 16.7. The van der Waals surface area contributed by atoms with Gasteiger partial charge in [-0.3, -0.25) is 4.79 Å². The summed E-state index contributed by atoms with van der Waals surface area (Å²) in [5.74, 6) is 0.556. The minimum Gasteiger partial charge on any atom is -0.381 e. The van der Waals surface area contributed by atoms with E-state index < -0.39 is 49.0 Å². The predicted octanol–water partition coefficient (Wildman–Crippen LogP) is 17.6. The Balaban J connectivity index is 1.07. The van der Waals surface area contributed by atoms with Gasteiger partial charge >= 0.3 is 0 Å². The molecule has 2 heterocycles. The first-order chi connectivity index (χ1) is 46.1. The lowest BCUT2D eigenvalue weighted by atomic mass is 9.97. The maximum atomic E-state index is 14.8. The highest BCUT2D eigenvalue weighted by Crippen LogP contribution is 2.33. The molecule has 1 amide bonds. The van der Waals surface area contributed by atoms with Gasteiger partial charge in [0.1, 0.15) is 30.5 Å². The van der Waals surface area contributed by atoms with Gasteiger partial charge in [0.05, 0.1) is 65.0 Å². The van der Waals surface area contributed by atoms with Crippen LogP contribution in [0.3, 0.4) is 0 Å². The Morgan fingerprint density at radius 2 is 0.871 bits per heavy atom. The van der Waals surface area contributed by atoms with E-state index in [4.69, 9.17) is 47.4 Å². The molecule has 0 radical (unpaired) electrons. The van der Waals surface area contributed by atoms with Crippen molar-refractivity contribution in [1.29, 1.82) is 0 Å². The maximum Gasteiger partial charge on any atom is 0.220 e. The smallest absolute Gasteiger partial charge is 0.220 e. The van der Waals surface area contributed by atoms with Gasteiger partial charge in [0.15, 0.2) is 6.29 Å². The van der Waals surface area contributed by atoms with E-state index in [-0.39, 0.29) is 32.3 Å². The summed E-state index contributed by atoms with van der Waals surface area (Å²) in [6.07, 6.45) is 19.3. The van der Waals surface area contributed by atoms with Crippen molar-refractivity contribution in [3.63, 3.8) is 0 Å². The fourth-order valence-corrected chi connectivity index (χ4v) is 12.5. The summed E-state index contributed by atoms with van der Waals surface area (Å²) in [7, 11) is 0. The van der Waals surface area contributed by atoms with Crippen LogP contribution in [0.15, 0.2) is 182 Å². The van der Waals surface area contributed by atoms with Crippen LogP contribution in [0.4, 0.5) is 0 Å². The molecular formula is C81H111NO11. The number of hydrogen-bond acceptors (Lipinski definition) is 11. The summed E-state index contributed by atoms with van der Waals surface area (Å²) in [5.41, 5.74) is 6.13. The van der Waals surface area contributed by atoms with Crippen LogP contribution in [-0.2, 0) is 91.8 Å². The molecular weight excluding hydrogens is 1160 g/mol. The molecule has 1 N–H and O–H groups in total. The molecule has 2 aliphatic heterocycles. The first-order valence-corrected chi connectivity index (χ1v) is 35.7. The Labute approximate surface area is 558 Å². The zero-order valence-corrected chi connectivity index (χ0v) is 56.0. The molecule has 0 aliphatic carbocycles. The lowest BCUT2D eigenvalue weighted by molar-refractivity contribution is -0.330. The van der Waals surface area contributed by atoms with Gasteiger partial charge in [-0.25, -0.2) is 0 Å². The number of benzene rings is 6. The van der Waals surface area contributed by atoms with E-state index in [2.05, 4.69) is 97.2 Å². The van der Waals surface area contributed by atoms with Gasteiger partial charge in [0.25, 0.3) is 0 Å². The van der Waals surface area contributed by atoms with E-state index >= 15 is 0 Å². The third-order valence-corrected chi connectivity index (χ3v) is 18.0. The second-order valence-corrected chi connectivity index (χ2v) is 25.6. The molecule has 0 unspecified atom stereocenters. The fourth-order valence-electron chi connectivity index (χ4n) is 12.5.